The lowest BCUT2D eigenvalue weighted by atomic mass is 10.3. The number of nitrogens with two attached hydrogens (primary N) is 1. The number of nitrogens with zero attached hydrogens (tertiary/aromatic N) is 4. The summed E-state index contributed by atoms with van der Waals surface area (Å²) < 4.78 is 2.01. The Morgan fingerprint density at radius 1 is 1.10 bits per heavy atom. The summed E-state index contributed by atoms with van der Waals surface area (Å²) in [6.45, 7) is 0.558. The molecule has 3 rings (SSSR count). The number of nitriles is 1. The largest absolute Gasteiger partial charge is 0.384 e. The van der Waals surface area contributed by atoms with E-state index in [1.54, 1.807) is 6.07 Å². The van der Waals surface area contributed by atoms with Crippen LogP contribution < -0.4 is 5.73 Å². The average Bonchev–Trinajstić information content (AvgIpc) is 2.78. The summed E-state index contributed by atoms with van der Waals surface area (Å²) in [5.74, 6) is 1.24. The van der Waals surface area contributed by atoms with E-state index in [-0.39, 0.29) is 6.42 Å². The third-order valence-corrected chi connectivity index (χ3v) is 3.12. The molecule has 2 aromatic heterocycles. The first-order valence-electron chi connectivity index (χ1n) is 6.30. The molecule has 0 saturated heterocycles. The maximum absolute atomic E-state index is 8.94. The number of para-hydroxylation sites is 2. The van der Waals surface area contributed by atoms with E-state index in [9.17, 15) is 0 Å². The van der Waals surface area contributed by atoms with Gasteiger partial charge in [-0.3, -0.25) is 0 Å². The minimum Gasteiger partial charge on any atom is -0.384 e. The number of hydrogen-bond donors (Lipinski definition) is 1. The molecular formula is C15H13N5. The van der Waals surface area contributed by atoms with Crippen LogP contribution in [0.4, 0.5) is 5.82 Å². The summed E-state index contributed by atoms with van der Waals surface area (Å²) in [4.78, 5) is 8.80. The predicted molar refractivity (Wildman–Crippen MR) is 76.8 cm³/mol. The molecule has 98 valence electrons. The molecule has 1 aromatic carbocycles. The lowest BCUT2D eigenvalue weighted by Gasteiger charge is -2.07. The Labute approximate surface area is 116 Å². The van der Waals surface area contributed by atoms with Crippen LogP contribution in [0, 0.1) is 11.3 Å². The molecule has 0 unspecified atom stereocenters. The smallest absolute Gasteiger partial charge is 0.124 e. The highest BCUT2D eigenvalue weighted by atomic mass is 15.1. The number of rotatable bonds is 3. The maximum Gasteiger partial charge on any atom is 0.124 e. The number of pyridine rings is 1. The van der Waals surface area contributed by atoms with Crippen molar-refractivity contribution in [2.45, 2.75) is 13.0 Å². The SMILES string of the molecule is N#CCc1nc2ccccc2n1Cc1cccc(N)n1. The molecule has 20 heavy (non-hydrogen) atoms. The Hall–Kier alpha value is -2.87. The van der Waals surface area contributed by atoms with Crippen LogP contribution in [-0.2, 0) is 13.0 Å². The molecule has 2 heterocycles. The molecule has 0 aliphatic carbocycles. The number of anilines is 1. The van der Waals surface area contributed by atoms with E-state index in [1.165, 1.54) is 0 Å². The van der Waals surface area contributed by atoms with Gasteiger partial charge in [0.15, 0.2) is 0 Å². The number of nitrogen functional groups attached to an aromatic ring is 1. The Kier molecular flexibility index (Phi) is 3.05. The molecule has 0 bridgehead atoms. The van der Waals surface area contributed by atoms with Crippen molar-refractivity contribution in [2.75, 3.05) is 5.73 Å². The van der Waals surface area contributed by atoms with Crippen molar-refractivity contribution in [1.82, 2.24) is 14.5 Å². The second kappa shape index (κ2) is 5.02. The van der Waals surface area contributed by atoms with Crippen molar-refractivity contribution in [3.05, 3.63) is 54.0 Å². The van der Waals surface area contributed by atoms with E-state index in [0.29, 0.717) is 12.4 Å². The van der Waals surface area contributed by atoms with Gasteiger partial charge in [0.25, 0.3) is 0 Å². The third-order valence-electron chi connectivity index (χ3n) is 3.12. The van der Waals surface area contributed by atoms with E-state index in [0.717, 1.165) is 22.6 Å². The summed E-state index contributed by atoms with van der Waals surface area (Å²) >= 11 is 0. The zero-order chi connectivity index (χ0) is 13.9. The van der Waals surface area contributed by atoms with Gasteiger partial charge >= 0.3 is 0 Å². The minimum atomic E-state index is 0.275. The Balaban J connectivity index is 2.09. The highest BCUT2D eigenvalue weighted by Gasteiger charge is 2.10. The van der Waals surface area contributed by atoms with Crippen molar-refractivity contribution in [2.24, 2.45) is 0 Å². The van der Waals surface area contributed by atoms with Crippen LogP contribution in [0.5, 0.6) is 0 Å². The van der Waals surface area contributed by atoms with Crippen LogP contribution in [0.3, 0.4) is 0 Å². The Morgan fingerprint density at radius 2 is 1.95 bits per heavy atom. The van der Waals surface area contributed by atoms with Gasteiger partial charge in [-0.15, -0.1) is 0 Å². The summed E-state index contributed by atoms with van der Waals surface area (Å²) in [5.41, 5.74) is 8.45. The fraction of sp³-hybridized carbons (Fsp3) is 0.133. The van der Waals surface area contributed by atoms with Crippen molar-refractivity contribution < 1.29 is 0 Å². The first-order valence-corrected chi connectivity index (χ1v) is 6.30. The van der Waals surface area contributed by atoms with Crippen molar-refractivity contribution >= 4 is 16.9 Å². The molecule has 0 amide bonds. The topological polar surface area (TPSA) is 80.5 Å². The van der Waals surface area contributed by atoms with Gasteiger partial charge in [-0.25, -0.2) is 9.97 Å². The number of imidazole rings is 1. The first-order chi connectivity index (χ1) is 9.78. The van der Waals surface area contributed by atoms with Gasteiger partial charge in [-0.1, -0.05) is 18.2 Å². The summed E-state index contributed by atoms with van der Waals surface area (Å²) in [5, 5.41) is 8.94. The van der Waals surface area contributed by atoms with Gasteiger partial charge < -0.3 is 10.3 Å². The molecule has 0 aliphatic rings. The van der Waals surface area contributed by atoms with Gasteiger partial charge in [0.2, 0.25) is 0 Å². The quantitative estimate of drug-likeness (QED) is 0.785. The standard InChI is InChI=1S/C15H13N5/c16-9-8-15-19-12-5-1-2-6-13(12)20(15)10-11-4-3-7-14(17)18-11/h1-7H,8,10H2,(H2,17,18). The lowest BCUT2D eigenvalue weighted by Crippen LogP contribution is -2.07. The normalized spacial score (nSPS) is 10.6. The third kappa shape index (κ3) is 2.19. The van der Waals surface area contributed by atoms with E-state index in [1.807, 2.05) is 41.0 Å². The minimum absolute atomic E-state index is 0.275. The highest BCUT2D eigenvalue weighted by Crippen LogP contribution is 2.18. The zero-order valence-electron chi connectivity index (χ0n) is 10.8. The molecule has 3 aromatic rings. The molecule has 0 saturated carbocycles. The second-order valence-corrected chi connectivity index (χ2v) is 4.49. The van der Waals surface area contributed by atoms with Crippen LogP contribution in [0.25, 0.3) is 11.0 Å². The van der Waals surface area contributed by atoms with Crippen LogP contribution >= 0.6 is 0 Å². The van der Waals surface area contributed by atoms with Gasteiger partial charge in [-0.2, -0.15) is 5.26 Å². The fourth-order valence-electron chi connectivity index (χ4n) is 2.26. The lowest BCUT2D eigenvalue weighted by molar-refractivity contribution is 0.751. The van der Waals surface area contributed by atoms with Gasteiger partial charge in [0.05, 0.1) is 35.8 Å². The van der Waals surface area contributed by atoms with E-state index < -0.39 is 0 Å². The summed E-state index contributed by atoms with van der Waals surface area (Å²) in [7, 11) is 0. The highest BCUT2D eigenvalue weighted by molar-refractivity contribution is 5.76. The molecule has 2 N–H and O–H groups in total. The molecule has 0 atom stereocenters. The first kappa shape index (κ1) is 12.2. The number of hydrogen-bond acceptors (Lipinski definition) is 4. The van der Waals surface area contributed by atoms with Crippen molar-refractivity contribution in [3.63, 3.8) is 0 Å². The van der Waals surface area contributed by atoms with Crippen molar-refractivity contribution in [1.29, 1.82) is 5.26 Å². The Bertz CT molecular complexity index is 797. The molecule has 0 fully saturated rings. The average molecular weight is 263 g/mol. The number of aromatic nitrogens is 3. The fourth-order valence-corrected chi connectivity index (χ4v) is 2.26. The van der Waals surface area contributed by atoms with Crippen LogP contribution in [0.2, 0.25) is 0 Å². The van der Waals surface area contributed by atoms with Crippen LogP contribution in [0.1, 0.15) is 11.5 Å². The molecule has 0 spiro atoms. The predicted octanol–water partition coefficient (Wildman–Crippen LogP) is 2.13. The van der Waals surface area contributed by atoms with Crippen LogP contribution in [-0.4, -0.2) is 14.5 Å². The molecule has 5 nitrogen and oxygen atoms in total. The van der Waals surface area contributed by atoms with E-state index in [2.05, 4.69) is 16.0 Å². The summed E-state index contributed by atoms with van der Waals surface area (Å²) in [6, 6.07) is 15.5. The van der Waals surface area contributed by atoms with E-state index >= 15 is 0 Å². The van der Waals surface area contributed by atoms with Gasteiger partial charge in [-0.05, 0) is 24.3 Å². The molecule has 5 heteroatoms. The van der Waals surface area contributed by atoms with Gasteiger partial charge in [0.1, 0.15) is 11.6 Å². The number of benzene rings is 1. The monoisotopic (exact) mass is 263 g/mol. The molecule has 0 aliphatic heterocycles. The van der Waals surface area contributed by atoms with Crippen molar-refractivity contribution in [3.8, 4) is 6.07 Å². The molecule has 0 radical (unpaired) electrons. The number of fused-ring (bicyclic) bond motifs is 1. The van der Waals surface area contributed by atoms with E-state index in [4.69, 9.17) is 11.0 Å². The molecular weight excluding hydrogens is 250 g/mol. The second-order valence-electron chi connectivity index (χ2n) is 4.49. The van der Waals surface area contributed by atoms with Crippen LogP contribution in [0.15, 0.2) is 42.5 Å². The zero-order valence-corrected chi connectivity index (χ0v) is 10.8. The Morgan fingerprint density at radius 3 is 2.75 bits per heavy atom. The van der Waals surface area contributed by atoms with Gasteiger partial charge in [0, 0.05) is 0 Å². The summed E-state index contributed by atoms with van der Waals surface area (Å²) in [6.07, 6.45) is 0.275. The maximum atomic E-state index is 8.94.